The Morgan fingerprint density at radius 1 is 1.50 bits per heavy atom. The molecule has 0 aliphatic rings. The predicted octanol–water partition coefficient (Wildman–Crippen LogP) is 1.77. The summed E-state index contributed by atoms with van der Waals surface area (Å²) in [6, 6.07) is 4.08. The molecule has 5 heteroatoms. The molecule has 1 aromatic carbocycles. The third-order valence-electron chi connectivity index (χ3n) is 2.19. The molecule has 0 saturated carbocycles. The minimum Gasteiger partial charge on any atom is -0.478 e. The van der Waals surface area contributed by atoms with E-state index in [1.807, 2.05) is 0 Å². The molecule has 2 rings (SSSR count). The highest BCUT2D eigenvalue weighted by molar-refractivity contribution is 5.87. The molecule has 1 heterocycles. The SMILES string of the molecule is O=C(O)c1ccc(Cn2ccnc2)cc1F. The number of aromatic carboxylic acids is 1. The second kappa shape index (κ2) is 4.14. The zero-order valence-corrected chi connectivity index (χ0v) is 8.30. The zero-order chi connectivity index (χ0) is 11.5. The molecule has 1 aromatic heterocycles. The number of hydrogen-bond acceptors (Lipinski definition) is 2. The molecule has 0 radical (unpaired) electrons. The molecular weight excluding hydrogens is 211 g/mol. The van der Waals surface area contributed by atoms with Gasteiger partial charge in [0.25, 0.3) is 0 Å². The predicted molar refractivity (Wildman–Crippen MR) is 54.7 cm³/mol. The number of benzene rings is 1. The largest absolute Gasteiger partial charge is 0.478 e. The monoisotopic (exact) mass is 220 g/mol. The fourth-order valence-corrected chi connectivity index (χ4v) is 1.42. The third-order valence-corrected chi connectivity index (χ3v) is 2.19. The highest BCUT2D eigenvalue weighted by atomic mass is 19.1. The fraction of sp³-hybridized carbons (Fsp3) is 0.0909. The number of carbonyl (C=O) groups is 1. The number of rotatable bonds is 3. The summed E-state index contributed by atoms with van der Waals surface area (Å²) in [4.78, 5) is 14.5. The lowest BCUT2D eigenvalue weighted by molar-refractivity contribution is 0.0692. The Balaban J connectivity index is 2.24. The quantitative estimate of drug-likeness (QED) is 0.857. The van der Waals surface area contributed by atoms with Crippen molar-refractivity contribution in [3.8, 4) is 0 Å². The normalized spacial score (nSPS) is 10.3. The van der Waals surface area contributed by atoms with Crippen molar-refractivity contribution in [1.82, 2.24) is 9.55 Å². The summed E-state index contributed by atoms with van der Waals surface area (Å²) >= 11 is 0. The Kier molecular flexibility index (Phi) is 2.68. The lowest BCUT2D eigenvalue weighted by Gasteiger charge is -2.04. The molecular formula is C11H9FN2O2. The molecule has 2 aromatic rings. The van der Waals surface area contributed by atoms with Gasteiger partial charge < -0.3 is 9.67 Å². The Bertz CT molecular complexity index is 509. The maximum absolute atomic E-state index is 13.3. The molecule has 0 atom stereocenters. The molecule has 0 saturated heterocycles. The maximum Gasteiger partial charge on any atom is 0.338 e. The Labute approximate surface area is 91.0 Å². The molecule has 0 fully saturated rings. The van der Waals surface area contributed by atoms with E-state index in [0.717, 1.165) is 0 Å². The summed E-state index contributed by atoms with van der Waals surface area (Å²) in [5.74, 6) is -1.98. The number of carboxylic acids is 1. The number of halogens is 1. The molecule has 1 N–H and O–H groups in total. The van der Waals surface area contributed by atoms with Crippen LogP contribution in [0.2, 0.25) is 0 Å². The molecule has 82 valence electrons. The Morgan fingerprint density at radius 2 is 2.31 bits per heavy atom. The van der Waals surface area contributed by atoms with Crippen LogP contribution in [0.5, 0.6) is 0 Å². The van der Waals surface area contributed by atoms with Crippen molar-refractivity contribution in [3.63, 3.8) is 0 Å². The van der Waals surface area contributed by atoms with E-state index in [0.29, 0.717) is 12.1 Å². The zero-order valence-electron chi connectivity index (χ0n) is 8.30. The van der Waals surface area contributed by atoms with Gasteiger partial charge in [-0.25, -0.2) is 14.2 Å². The van der Waals surface area contributed by atoms with Crippen molar-refractivity contribution in [2.45, 2.75) is 6.54 Å². The van der Waals surface area contributed by atoms with Gasteiger partial charge in [0.15, 0.2) is 0 Å². The average Bonchev–Trinajstić information content (AvgIpc) is 2.70. The summed E-state index contributed by atoms with van der Waals surface area (Å²) in [6.07, 6.45) is 4.99. The van der Waals surface area contributed by atoms with E-state index in [9.17, 15) is 9.18 Å². The van der Waals surface area contributed by atoms with E-state index in [4.69, 9.17) is 5.11 Å². The van der Waals surface area contributed by atoms with Gasteiger partial charge in [0, 0.05) is 18.9 Å². The average molecular weight is 220 g/mol. The van der Waals surface area contributed by atoms with Crippen molar-refractivity contribution in [3.05, 3.63) is 53.9 Å². The van der Waals surface area contributed by atoms with E-state index >= 15 is 0 Å². The standard InChI is InChI=1S/C11H9FN2O2/c12-10-5-8(1-2-9(10)11(15)16)6-14-4-3-13-7-14/h1-5,7H,6H2,(H,15,16). The van der Waals surface area contributed by atoms with Gasteiger partial charge in [0.2, 0.25) is 0 Å². The van der Waals surface area contributed by atoms with E-state index in [1.54, 1.807) is 29.4 Å². The molecule has 0 amide bonds. The molecule has 0 aliphatic carbocycles. The van der Waals surface area contributed by atoms with Gasteiger partial charge in [-0.15, -0.1) is 0 Å². The topological polar surface area (TPSA) is 55.1 Å². The molecule has 4 nitrogen and oxygen atoms in total. The van der Waals surface area contributed by atoms with Crippen LogP contribution >= 0.6 is 0 Å². The summed E-state index contributed by atoms with van der Waals surface area (Å²) < 4.78 is 15.1. The number of aromatic nitrogens is 2. The van der Waals surface area contributed by atoms with E-state index in [2.05, 4.69) is 4.98 Å². The molecule has 0 aliphatic heterocycles. The van der Waals surface area contributed by atoms with E-state index in [-0.39, 0.29) is 5.56 Å². The van der Waals surface area contributed by atoms with Gasteiger partial charge in [-0.3, -0.25) is 0 Å². The summed E-state index contributed by atoms with van der Waals surface area (Å²) in [5, 5.41) is 8.66. The number of carboxylic acid groups (broad SMARTS) is 1. The van der Waals surface area contributed by atoms with Crippen LogP contribution in [0, 0.1) is 5.82 Å². The molecule has 0 unspecified atom stereocenters. The Morgan fingerprint density at radius 3 is 2.88 bits per heavy atom. The lowest BCUT2D eigenvalue weighted by atomic mass is 10.1. The van der Waals surface area contributed by atoms with Crippen LogP contribution in [-0.4, -0.2) is 20.6 Å². The first-order valence-corrected chi connectivity index (χ1v) is 4.64. The fourth-order valence-electron chi connectivity index (χ4n) is 1.42. The van der Waals surface area contributed by atoms with Crippen molar-refractivity contribution in [1.29, 1.82) is 0 Å². The summed E-state index contributed by atoms with van der Waals surface area (Å²) in [5.41, 5.74) is 0.384. The van der Waals surface area contributed by atoms with Crippen LogP contribution in [0.15, 0.2) is 36.9 Å². The first-order valence-electron chi connectivity index (χ1n) is 4.64. The first kappa shape index (κ1) is 10.4. The number of hydrogen-bond donors (Lipinski definition) is 1. The van der Waals surface area contributed by atoms with Gasteiger partial charge in [-0.1, -0.05) is 6.07 Å². The highest BCUT2D eigenvalue weighted by Crippen LogP contribution is 2.11. The molecule has 0 spiro atoms. The van der Waals surface area contributed by atoms with Gasteiger partial charge in [0.1, 0.15) is 5.82 Å². The second-order valence-electron chi connectivity index (χ2n) is 3.35. The van der Waals surface area contributed by atoms with Crippen LogP contribution in [-0.2, 0) is 6.54 Å². The van der Waals surface area contributed by atoms with Gasteiger partial charge in [-0.05, 0) is 17.7 Å². The van der Waals surface area contributed by atoms with Crippen molar-refractivity contribution in [2.75, 3.05) is 0 Å². The van der Waals surface area contributed by atoms with Crippen LogP contribution in [0.25, 0.3) is 0 Å². The van der Waals surface area contributed by atoms with Gasteiger partial charge in [-0.2, -0.15) is 0 Å². The van der Waals surface area contributed by atoms with Crippen molar-refractivity contribution in [2.24, 2.45) is 0 Å². The van der Waals surface area contributed by atoms with E-state index < -0.39 is 11.8 Å². The smallest absolute Gasteiger partial charge is 0.338 e. The summed E-state index contributed by atoms with van der Waals surface area (Å²) in [6.45, 7) is 0.469. The Hall–Kier alpha value is -2.17. The molecule has 16 heavy (non-hydrogen) atoms. The van der Waals surface area contributed by atoms with Crippen LogP contribution in [0.1, 0.15) is 15.9 Å². The molecule has 0 bridgehead atoms. The summed E-state index contributed by atoms with van der Waals surface area (Å²) in [7, 11) is 0. The maximum atomic E-state index is 13.3. The van der Waals surface area contributed by atoms with E-state index in [1.165, 1.54) is 12.1 Å². The minimum absolute atomic E-state index is 0.311. The van der Waals surface area contributed by atoms with Gasteiger partial charge >= 0.3 is 5.97 Å². The second-order valence-corrected chi connectivity index (χ2v) is 3.35. The van der Waals surface area contributed by atoms with Crippen molar-refractivity contribution >= 4 is 5.97 Å². The first-order chi connectivity index (χ1) is 7.66. The lowest BCUT2D eigenvalue weighted by Crippen LogP contribution is -2.03. The number of imidazole rings is 1. The highest BCUT2D eigenvalue weighted by Gasteiger charge is 2.10. The van der Waals surface area contributed by atoms with Crippen LogP contribution < -0.4 is 0 Å². The number of nitrogens with zero attached hydrogens (tertiary/aromatic N) is 2. The van der Waals surface area contributed by atoms with Crippen LogP contribution in [0.4, 0.5) is 4.39 Å². The van der Waals surface area contributed by atoms with Gasteiger partial charge in [0.05, 0.1) is 11.9 Å². The van der Waals surface area contributed by atoms with Crippen LogP contribution in [0.3, 0.4) is 0 Å². The van der Waals surface area contributed by atoms with Crippen molar-refractivity contribution < 1.29 is 14.3 Å². The minimum atomic E-state index is -1.26. The third kappa shape index (κ3) is 2.08.